The molecule has 0 aromatic carbocycles. The zero-order valence-electron chi connectivity index (χ0n) is 8.29. The van der Waals surface area contributed by atoms with Crippen LogP contribution in [-0.2, 0) is 6.54 Å². The average Bonchev–Trinajstić information content (AvgIpc) is 2.77. The second-order valence-corrected chi connectivity index (χ2v) is 4.00. The van der Waals surface area contributed by atoms with E-state index in [0.717, 1.165) is 17.9 Å². The van der Waals surface area contributed by atoms with Crippen LogP contribution in [0.3, 0.4) is 0 Å². The number of aryl methyl sites for hydroxylation is 1. The van der Waals surface area contributed by atoms with Crippen molar-refractivity contribution in [3.05, 3.63) is 28.1 Å². The van der Waals surface area contributed by atoms with E-state index < -0.39 is 0 Å². The second-order valence-electron chi connectivity index (χ2n) is 3.22. The van der Waals surface area contributed by atoms with E-state index in [0.29, 0.717) is 0 Å². The van der Waals surface area contributed by atoms with Gasteiger partial charge in [0.05, 0.1) is 5.69 Å². The summed E-state index contributed by atoms with van der Waals surface area (Å²) < 4.78 is 0. The summed E-state index contributed by atoms with van der Waals surface area (Å²) in [5.74, 6) is 0. The standard InChI is InChI=1S/C10H13N3S/c1-7-9(5-11-2)10(13-12-7)8-3-4-14-6-8/h3-4,6,11H,5H2,1-2H3,(H,12,13). The Morgan fingerprint density at radius 1 is 1.57 bits per heavy atom. The van der Waals surface area contributed by atoms with Crippen molar-refractivity contribution in [2.45, 2.75) is 13.5 Å². The first kappa shape index (κ1) is 9.43. The zero-order valence-corrected chi connectivity index (χ0v) is 9.11. The highest BCUT2D eigenvalue weighted by molar-refractivity contribution is 7.08. The Morgan fingerprint density at radius 2 is 2.43 bits per heavy atom. The minimum atomic E-state index is 0.855. The summed E-state index contributed by atoms with van der Waals surface area (Å²) >= 11 is 1.70. The first-order valence-corrected chi connectivity index (χ1v) is 5.48. The Hall–Kier alpha value is -1.13. The van der Waals surface area contributed by atoms with Gasteiger partial charge in [-0.15, -0.1) is 0 Å². The Bertz CT molecular complexity index is 403. The summed E-state index contributed by atoms with van der Waals surface area (Å²) in [7, 11) is 1.95. The van der Waals surface area contributed by atoms with Gasteiger partial charge in [0.25, 0.3) is 0 Å². The molecule has 74 valence electrons. The highest BCUT2D eigenvalue weighted by Crippen LogP contribution is 2.25. The Kier molecular flexibility index (Phi) is 2.65. The van der Waals surface area contributed by atoms with Crippen molar-refractivity contribution in [3.8, 4) is 11.3 Å². The van der Waals surface area contributed by atoms with E-state index in [-0.39, 0.29) is 0 Å². The molecule has 0 saturated carbocycles. The molecule has 4 heteroatoms. The molecule has 0 aliphatic carbocycles. The molecule has 0 amide bonds. The number of hydrogen-bond acceptors (Lipinski definition) is 3. The van der Waals surface area contributed by atoms with Gasteiger partial charge in [0, 0.05) is 28.7 Å². The van der Waals surface area contributed by atoms with E-state index in [4.69, 9.17) is 0 Å². The Balaban J connectivity index is 2.43. The Morgan fingerprint density at radius 3 is 3.07 bits per heavy atom. The molecule has 0 fully saturated rings. The minimum absolute atomic E-state index is 0.855. The summed E-state index contributed by atoms with van der Waals surface area (Å²) in [4.78, 5) is 0. The van der Waals surface area contributed by atoms with Gasteiger partial charge in [0.2, 0.25) is 0 Å². The lowest BCUT2D eigenvalue weighted by Gasteiger charge is -2.00. The van der Waals surface area contributed by atoms with Crippen molar-refractivity contribution >= 4 is 11.3 Å². The van der Waals surface area contributed by atoms with Crippen LogP contribution in [0.1, 0.15) is 11.3 Å². The SMILES string of the molecule is CNCc1c(-c2ccsc2)n[nH]c1C. The molecule has 2 N–H and O–H groups in total. The van der Waals surface area contributed by atoms with Gasteiger partial charge in [0.15, 0.2) is 0 Å². The normalized spacial score (nSPS) is 10.7. The molecule has 3 nitrogen and oxygen atoms in total. The van der Waals surface area contributed by atoms with Crippen molar-refractivity contribution in [3.63, 3.8) is 0 Å². The molecule has 2 rings (SSSR count). The van der Waals surface area contributed by atoms with Crippen LogP contribution >= 0.6 is 11.3 Å². The molecule has 0 aliphatic rings. The second kappa shape index (κ2) is 3.94. The van der Waals surface area contributed by atoms with Gasteiger partial charge in [-0.25, -0.2) is 0 Å². The fraction of sp³-hybridized carbons (Fsp3) is 0.300. The highest BCUT2D eigenvalue weighted by Gasteiger charge is 2.11. The number of H-pyrrole nitrogens is 1. The fourth-order valence-corrected chi connectivity index (χ4v) is 2.12. The maximum absolute atomic E-state index is 4.32. The third-order valence-electron chi connectivity index (χ3n) is 2.22. The third kappa shape index (κ3) is 1.58. The predicted octanol–water partition coefficient (Wildman–Crippen LogP) is 2.17. The van der Waals surface area contributed by atoms with Gasteiger partial charge in [-0.05, 0) is 25.4 Å². The molecule has 14 heavy (non-hydrogen) atoms. The first-order chi connectivity index (χ1) is 6.83. The number of hydrogen-bond donors (Lipinski definition) is 2. The number of rotatable bonds is 3. The van der Waals surface area contributed by atoms with Crippen LogP contribution in [0.25, 0.3) is 11.3 Å². The molecule has 2 heterocycles. The molecule has 0 aliphatic heterocycles. The van der Waals surface area contributed by atoms with Gasteiger partial charge in [0.1, 0.15) is 0 Å². The van der Waals surface area contributed by atoms with Gasteiger partial charge in [-0.2, -0.15) is 16.4 Å². The minimum Gasteiger partial charge on any atom is -0.316 e. The number of thiophene rings is 1. The molecule has 2 aromatic heterocycles. The van der Waals surface area contributed by atoms with E-state index in [1.165, 1.54) is 11.1 Å². The Labute approximate surface area is 87.2 Å². The van der Waals surface area contributed by atoms with Crippen molar-refractivity contribution in [2.24, 2.45) is 0 Å². The van der Waals surface area contributed by atoms with Crippen molar-refractivity contribution < 1.29 is 0 Å². The maximum Gasteiger partial charge on any atom is 0.0976 e. The van der Waals surface area contributed by atoms with E-state index in [9.17, 15) is 0 Å². The molecule has 2 aromatic rings. The van der Waals surface area contributed by atoms with Crippen LogP contribution in [0.15, 0.2) is 16.8 Å². The van der Waals surface area contributed by atoms with Gasteiger partial charge < -0.3 is 5.32 Å². The van der Waals surface area contributed by atoms with Gasteiger partial charge in [-0.3, -0.25) is 5.10 Å². The van der Waals surface area contributed by atoms with Crippen LogP contribution in [0, 0.1) is 6.92 Å². The maximum atomic E-state index is 4.32. The van der Waals surface area contributed by atoms with E-state index in [1.807, 2.05) is 7.05 Å². The van der Waals surface area contributed by atoms with Crippen LogP contribution in [0.2, 0.25) is 0 Å². The topological polar surface area (TPSA) is 40.7 Å². The zero-order chi connectivity index (χ0) is 9.97. The summed E-state index contributed by atoms with van der Waals surface area (Å²) in [5.41, 5.74) is 4.66. The first-order valence-electron chi connectivity index (χ1n) is 4.54. The predicted molar refractivity (Wildman–Crippen MR) is 59.4 cm³/mol. The monoisotopic (exact) mass is 207 g/mol. The van der Waals surface area contributed by atoms with Crippen molar-refractivity contribution in [1.29, 1.82) is 0 Å². The summed E-state index contributed by atoms with van der Waals surface area (Å²) in [6.45, 7) is 2.91. The summed E-state index contributed by atoms with van der Waals surface area (Å²) in [5, 5.41) is 14.7. The average molecular weight is 207 g/mol. The van der Waals surface area contributed by atoms with Crippen molar-refractivity contribution in [2.75, 3.05) is 7.05 Å². The molecule has 0 radical (unpaired) electrons. The molecule has 0 spiro atoms. The van der Waals surface area contributed by atoms with Gasteiger partial charge >= 0.3 is 0 Å². The van der Waals surface area contributed by atoms with Gasteiger partial charge in [-0.1, -0.05) is 0 Å². The molecular formula is C10H13N3S. The summed E-state index contributed by atoms with van der Waals surface area (Å²) in [6, 6.07) is 2.10. The fourth-order valence-electron chi connectivity index (χ4n) is 1.48. The molecule has 0 bridgehead atoms. The molecule has 0 atom stereocenters. The quantitative estimate of drug-likeness (QED) is 0.809. The van der Waals surface area contributed by atoms with Crippen molar-refractivity contribution in [1.82, 2.24) is 15.5 Å². The number of nitrogens with one attached hydrogen (secondary N) is 2. The summed E-state index contributed by atoms with van der Waals surface area (Å²) in [6.07, 6.45) is 0. The van der Waals surface area contributed by atoms with E-state index in [1.54, 1.807) is 11.3 Å². The van der Waals surface area contributed by atoms with Crippen LogP contribution < -0.4 is 5.32 Å². The third-order valence-corrected chi connectivity index (χ3v) is 2.91. The van der Waals surface area contributed by atoms with E-state index in [2.05, 4.69) is 39.3 Å². The largest absolute Gasteiger partial charge is 0.316 e. The van der Waals surface area contributed by atoms with E-state index >= 15 is 0 Å². The van der Waals surface area contributed by atoms with Crippen LogP contribution in [0.4, 0.5) is 0 Å². The molecule has 0 unspecified atom stereocenters. The molecule has 0 saturated heterocycles. The number of aromatic nitrogens is 2. The molecular weight excluding hydrogens is 194 g/mol. The number of nitrogens with zero attached hydrogens (tertiary/aromatic N) is 1. The lowest BCUT2D eigenvalue weighted by atomic mass is 10.1. The lowest BCUT2D eigenvalue weighted by Crippen LogP contribution is -2.06. The number of aromatic amines is 1. The highest BCUT2D eigenvalue weighted by atomic mass is 32.1. The van der Waals surface area contributed by atoms with Crippen LogP contribution in [-0.4, -0.2) is 17.2 Å². The van der Waals surface area contributed by atoms with Crippen LogP contribution in [0.5, 0.6) is 0 Å². The smallest absolute Gasteiger partial charge is 0.0976 e. The lowest BCUT2D eigenvalue weighted by molar-refractivity contribution is 0.814.